The second kappa shape index (κ2) is 6.57. The van der Waals surface area contributed by atoms with Gasteiger partial charge in [0.2, 0.25) is 0 Å². The molecule has 1 amide bonds. The number of para-hydroxylation sites is 2. The van der Waals surface area contributed by atoms with E-state index < -0.39 is 6.10 Å². The molecule has 2 atom stereocenters. The van der Waals surface area contributed by atoms with Crippen LogP contribution < -0.4 is 4.74 Å². The Bertz CT molecular complexity index is 983. The fourth-order valence-electron chi connectivity index (χ4n) is 4.12. The van der Waals surface area contributed by atoms with Gasteiger partial charge in [0.25, 0.3) is 5.91 Å². The number of amides is 1. The molecule has 2 aromatic carbocycles. The van der Waals surface area contributed by atoms with Gasteiger partial charge in [-0.25, -0.2) is 4.98 Å². The number of H-pyrrole nitrogens is 1. The highest BCUT2D eigenvalue weighted by Crippen LogP contribution is 2.33. The zero-order chi connectivity index (χ0) is 18.4. The monoisotopic (exact) mass is 381 g/mol. The van der Waals surface area contributed by atoms with Crippen molar-refractivity contribution in [2.75, 3.05) is 13.1 Å². The van der Waals surface area contributed by atoms with Crippen LogP contribution in [0.1, 0.15) is 30.1 Å². The fourth-order valence-corrected chi connectivity index (χ4v) is 4.32. The molecule has 0 aliphatic carbocycles. The molecule has 2 aliphatic heterocycles. The van der Waals surface area contributed by atoms with E-state index in [1.54, 1.807) is 6.07 Å². The van der Waals surface area contributed by atoms with E-state index in [1.807, 2.05) is 41.3 Å². The highest BCUT2D eigenvalue weighted by molar-refractivity contribution is 6.30. The van der Waals surface area contributed by atoms with Crippen molar-refractivity contribution in [3.8, 4) is 5.75 Å². The van der Waals surface area contributed by atoms with E-state index in [0.29, 0.717) is 18.0 Å². The van der Waals surface area contributed by atoms with E-state index >= 15 is 0 Å². The molecule has 1 aromatic heterocycles. The van der Waals surface area contributed by atoms with Gasteiger partial charge in [-0.05, 0) is 48.7 Å². The number of imidazole rings is 1. The average molecular weight is 382 g/mol. The van der Waals surface area contributed by atoms with Crippen LogP contribution in [0.15, 0.2) is 42.5 Å². The summed E-state index contributed by atoms with van der Waals surface area (Å²) in [7, 11) is 0. The van der Waals surface area contributed by atoms with Gasteiger partial charge in [-0.1, -0.05) is 23.7 Å². The number of nitrogens with one attached hydrogen (secondary N) is 1. The van der Waals surface area contributed by atoms with Crippen molar-refractivity contribution in [1.29, 1.82) is 0 Å². The van der Waals surface area contributed by atoms with Gasteiger partial charge in [0.05, 0.1) is 11.0 Å². The van der Waals surface area contributed by atoms with Gasteiger partial charge < -0.3 is 14.6 Å². The summed E-state index contributed by atoms with van der Waals surface area (Å²) in [6.45, 7) is 1.45. The van der Waals surface area contributed by atoms with Gasteiger partial charge in [-0.3, -0.25) is 4.79 Å². The lowest BCUT2D eigenvalue weighted by atomic mass is 9.96. The maximum atomic E-state index is 13.0. The third-order valence-electron chi connectivity index (χ3n) is 5.50. The number of benzene rings is 2. The number of halogens is 1. The van der Waals surface area contributed by atoms with E-state index in [9.17, 15) is 4.79 Å². The largest absolute Gasteiger partial charge is 0.480 e. The van der Waals surface area contributed by atoms with E-state index in [0.717, 1.165) is 47.6 Å². The highest BCUT2D eigenvalue weighted by atomic mass is 35.5. The maximum absolute atomic E-state index is 13.0. The van der Waals surface area contributed by atoms with Crippen LogP contribution in [0.25, 0.3) is 11.0 Å². The lowest BCUT2D eigenvalue weighted by Gasteiger charge is -2.33. The van der Waals surface area contributed by atoms with Crippen LogP contribution in [-0.2, 0) is 11.2 Å². The molecule has 6 heteroatoms. The van der Waals surface area contributed by atoms with Crippen molar-refractivity contribution in [2.24, 2.45) is 0 Å². The van der Waals surface area contributed by atoms with Gasteiger partial charge in [-0.2, -0.15) is 0 Å². The molecular weight excluding hydrogens is 362 g/mol. The van der Waals surface area contributed by atoms with E-state index in [-0.39, 0.29) is 11.8 Å². The molecule has 27 heavy (non-hydrogen) atoms. The van der Waals surface area contributed by atoms with Crippen molar-refractivity contribution < 1.29 is 9.53 Å². The minimum atomic E-state index is -0.451. The Balaban J connectivity index is 1.31. The van der Waals surface area contributed by atoms with E-state index in [4.69, 9.17) is 21.3 Å². The van der Waals surface area contributed by atoms with Gasteiger partial charge in [-0.15, -0.1) is 0 Å². The Labute approximate surface area is 162 Å². The van der Waals surface area contributed by atoms with Gasteiger partial charge in [0.15, 0.2) is 6.10 Å². The summed E-state index contributed by atoms with van der Waals surface area (Å²) in [5, 5.41) is 0.674. The van der Waals surface area contributed by atoms with Crippen molar-refractivity contribution in [3.63, 3.8) is 0 Å². The number of nitrogens with zero attached hydrogens (tertiary/aromatic N) is 2. The number of ether oxygens (including phenoxy) is 1. The standard InChI is InChI=1S/C21H20ClN3O2/c22-15-7-8-18-14(10-15)11-19(27-18)21(26)25-9-3-4-13(12-25)20-23-16-5-1-2-6-17(16)24-20/h1-2,5-8,10,13,19H,3-4,9,11-12H2,(H,23,24). The lowest BCUT2D eigenvalue weighted by Crippen LogP contribution is -2.46. The predicted molar refractivity (Wildman–Crippen MR) is 104 cm³/mol. The van der Waals surface area contributed by atoms with Crippen molar-refractivity contribution >= 4 is 28.5 Å². The predicted octanol–water partition coefficient (Wildman–Crippen LogP) is 3.93. The molecule has 5 rings (SSSR count). The van der Waals surface area contributed by atoms with E-state index in [2.05, 4.69) is 4.98 Å². The van der Waals surface area contributed by atoms with Crippen LogP contribution in [0.2, 0.25) is 5.02 Å². The Kier molecular flexibility index (Phi) is 4.05. The third-order valence-corrected chi connectivity index (χ3v) is 5.74. The number of aromatic nitrogens is 2. The van der Waals surface area contributed by atoms with Gasteiger partial charge in [0.1, 0.15) is 11.6 Å². The minimum Gasteiger partial charge on any atom is -0.480 e. The summed E-state index contributed by atoms with van der Waals surface area (Å²) in [6, 6.07) is 13.6. The molecule has 0 radical (unpaired) electrons. The summed E-state index contributed by atoms with van der Waals surface area (Å²) in [6.07, 6.45) is 2.14. The Morgan fingerprint density at radius 2 is 2.15 bits per heavy atom. The molecule has 2 unspecified atom stereocenters. The van der Waals surface area contributed by atoms with Crippen molar-refractivity contribution in [1.82, 2.24) is 14.9 Å². The number of fused-ring (bicyclic) bond motifs is 2. The molecule has 138 valence electrons. The first-order valence-corrected chi connectivity index (χ1v) is 9.74. The summed E-state index contributed by atoms with van der Waals surface area (Å²) in [4.78, 5) is 23.1. The summed E-state index contributed by atoms with van der Waals surface area (Å²) in [5.74, 6) is 2.02. The molecule has 0 spiro atoms. The number of likely N-dealkylation sites (tertiary alicyclic amines) is 1. The third kappa shape index (κ3) is 3.06. The molecule has 1 fully saturated rings. The first-order valence-electron chi connectivity index (χ1n) is 9.36. The topological polar surface area (TPSA) is 58.2 Å². The van der Waals surface area contributed by atoms with Crippen LogP contribution in [0.5, 0.6) is 5.75 Å². The molecule has 3 heterocycles. The number of aromatic amines is 1. The number of carbonyl (C=O) groups excluding carboxylic acids is 1. The van der Waals surface area contributed by atoms with Crippen LogP contribution in [0, 0.1) is 0 Å². The molecule has 3 aromatic rings. The van der Waals surface area contributed by atoms with Crippen LogP contribution in [0.4, 0.5) is 0 Å². The van der Waals surface area contributed by atoms with Crippen LogP contribution >= 0.6 is 11.6 Å². The lowest BCUT2D eigenvalue weighted by molar-refractivity contribution is -0.139. The van der Waals surface area contributed by atoms with Crippen molar-refractivity contribution in [3.05, 3.63) is 58.9 Å². The zero-order valence-corrected chi connectivity index (χ0v) is 15.6. The molecule has 2 aliphatic rings. The second-order valence-corrected chi connectivity index (χ2v) is 7.76. The SMILES string of the molecule is O=C(C1Cc2cc(Cl)ccc2O1)N1CCCC(c2nc3ccccc3[nH]2)C1. The molecule has 0 bridgehead atoms. The average Bonchev–Trinajstić information content (AvgIpc) is 3.31. The minimum absolute atomic E-state index is 0.0585. The molecule has 0 saturated carbocycles. The highest BCUT2D eigenvalue weighted by Gasteiger charge is 2.35. The summed E-state index contributed by atoms with van der Waals surface area (Å²) < 4.78 is 5.89. The Morgan fingerprint density at radius 3 is 3.04 bits per heavy atom. The summed E-state index contributed by atoms with van der Waals surface area (Å²) in [5.41, 5.74) is 3.02. The molecule has 1 saturated heterocycles. The van der Waals surface area contributed by atoms with Crippen LogP contribution in [-0.4, -0.2) is 40.0 Å². The van der Waals surface area contributed by atoms with Gasteiger partial charge >= 0.3 is 0 Å². The normalized spacial score (nSPS) is 21.9. The Morgan fingerprint density at radius 1 is 1.26 bits per heavy atom. The first kappa shape index (κ1) is 16.6. The van der Waals surface area contributed by atoms with E-state index in [1.165, 1.54) is 0 Å². The number of hydrogen-bond donors (Lipinski definition) is 1. The molecule has 1 N–H and O–H groups in total. The van der Waals surface area contributed by atoms with Gasteiger partial charge in [0, 0.05) is 30.5 Å². The zero-order valence-electron chi connectivity index (χ0n) is 14.8. The Hall–Kier alpha value is -2.53. The quantitative estimate of drug-likeness (QED) is 0.731. The number of rotatable bonds is 2. The summed E-state index contributed by atoms with van der Waals surface area (Å²) >= 11 is 6.06. The number of piperidine rings is 1. The maximum Gasteiger partial charge on any atom is 0.264 e. The number of carbonyl (C=O) groups is 1. The first-order chi connectivity index (χ1) is 13.2. The van der Waals surface area contributed by atoms with Crippen LogP contribution in [0.3, 0.4) is 0 Å². The fraction of sp³-hybridized carbons (Fsp3) is 0.333. The number of hydrogen-bond acceptors (Lipinski definition) is 3. The molecular formula is C21H20ClN3O2. The van der Waals surface area contributed by atoms with Crippen molar-refractivity contribution in [2.45, 2.75) is 31.3 Å². The molecule has 5 nitrogen and oxygen atoms in total. The second-order valence-electron chi connectivity index (χ2n) is 7.33. The smallest absolute Gasteiger partial charge is 0.264 e.